The first kappa shape index (κ1) is 24.1. The van der Waals surface area contributed by atoms with Crippen molar-refractivity contribution in [2.45, 2.75) is 11.4 Å². The Balaban J connectivity index is 1.78. The van der Waals surface area contributed by atoms with E-state index in [4.69, 9.17) is 9.47 Å². The molecule has 0 aliphatic carbocycles. The molecule has 0 heterocycles. The molecule has 0 aliphatic heterocycles. The number of hydrogen-bond acceptors (Lipinski definition) is 6. The molecule has 0 unspecified atom stereocenters. The van der Waals surface area contributed by atoms with E-state index in [1.54, 1.807) is 24.3 Å². The van der Waals surface area contributed by atoms with Crippen molar-refractivity contribution in [1.29, 1.82) is 0 Å². The molecule has 0 fully saturated rings. The van der Waals surface area contributed by atoms with Crippen LogP contribution in [0.3, 0.4) is 0 Å². The topological polar surface area (TPSA) is 90.0 Å². The minimum atomic E-state index is -4.02. The van der Waals surface area contributed by atoms with Gasteiger partial charge in [-0.15, -0.1) is 0 Å². The number of methoxy groups -OCH3 is 1. The Morgan fingerprint density at radius 1 is 0.939 bits per heavy atom. The normalized spacial score (nSPS) is 11.3. The molecule has 0 radical (unpaired) electrons. The molecule has 0 aliphatic rings. The van der Waals surface area contributed by atoms with Gasteiger partial charge in [-0.2, -0.15) is 4.31 Å². The summed E-state index contributed by atoms with van der Waals surface area (Å²) in [6.45, 7) is -0.459. The van der Waals surface area contributed by atoms with E-state index in [1.165, 1.54) is 38.4 Å². The summed E-state index contributed by atoms with van der Waals surface area (Å²) < 4.78 is 50.7. The quantitative estimate of drug-likeness (QED) is 0.349. The molecule has 0 saturated carbocycles. The van der Waals surface area contributed by atoms with Gasteiger partial charge >= 0.3 is 5.97 Å². The van der Waals surface area contributed by atoms with E-state index in [1.807, 2.05) is 6.07 Å². The maximum atomic E-state index is 13.2. The monoisotopic (exact) mass is 471 g/mol. The van der Waals surface area contributed by atoms with E-state index in [2.05, 4.69) is 0 Å². The zero-order chi connectivity index (χ0) is 24.0. The van der Waals surface area contributed by atoms with Gasteiger partial charge in [0.05, 0.1) is 12.7 Å². The Kier molecular flexibility index (Phi) is 7.57. The summed E-state index contributed by atoms with van der Waals surface area (Å²) in [5.74, 6) is -1.83. The van der Waals surface area contributed by atoms with Gasteiger partial charge in [0.15, 0.2) is 12.4 Å². The molecule has 0 aromatic heterocycles. The fourth-order valence-corrected chi connectivity index (χ4v) is 4.37. The number of benzene rings is 3. The van der Waals surface area contributed by atoms with Crippen LogP contribution in [-0.4, -0.2) is 45.2 Å². The van der Waals surface area contributed by atoms with Gasteiger partial charge in [-0.1, -0.05) is 30.3 Å². The molecular formula is C24H22FNO6S. The van der Waals surface area contributed by atoms with Crippen LogP contribution in [0.1, 0.15) is 26.3 Å². The predicted molar refractivity (Wildman–Crippen MR) is 119 cm³/mol. The smallest absolute Gasteiger partial charge is 0.338 e. The van der Waals surface area contributed by atoms with Gasteiger partial charge in [0, 0.05) is 19.2 Å². The van der Waals surface area contributed by atoms with E-state index in [0.717, 1.165) is 28.1 Å². The fraction of sp³-hybridized carbons (Fsp3) is 0.167. The molecule has 0 N–H and O–H groups in total. The van der Waals surface area contributed by atoms with Crippen LogP contribution in [0, 0.1) is 5.82 Å². The van der Waals surface area contributed by atoms with Crippen molar-refractivity contribution < 1.29 is 31.9 Å². The molecule has 0 saturated heterocycles. The number of ether oxygens (including phenoxy) is 2. The van der Waals surface area contributed by atoms with Crippen LogP contribution in [0.15, 0.2) is 77.7 Å². The molecule has 3 aromatic rings. The van der Waals surface area contributed by atoms with E-state index in [-0.39, 0.29) is 28.3 Å². The van der Waals surface area contributed by atoms with Crippen LogP contribution < -0.4 is 4.74 Å². The number of rotatable bonds is 9. The summed E-state index contributed by atoms with van der Waals surface area (Å²) >= 11 is 0. The van der Waals surface area contributed by atoms with Crippen molar-refractivity contribution in [3.63, 3.8) is 0 Å². The number of nitrogens with zero attached hydrogens (tertiary/aromatic N) is 1. The van der Waals surface area contributed by atoms with Crippen molar-refractivity contribution in [2.24, 2.45) is 0 Å². The molecule has 0 atom stereocenters. The lowest BCUT2D eigenvalue weighted by molar-refractivity contribution is 0.0474. The van der Waals surface area contributed by atoms with Gasteiger partial charge in [-0.3, -0.25) is 4.79 Å². The minimum absolute atomic E-state index is 0.0607. The summed E-state index contributed by atoms with van der Waals surface area (Å²) in [5.41, 5.74) is 0.913. The zero-order valence-electron chi connectivity index (χ0n) is 18.0. The number of esters is 1. The molecule has 7 nitrogen and oxygen atoms in total. The Bertz CT molecular complexity index is 1240. The van der Waals surface area contributed by atoms with E-state index >= 15 is 0 Å². The number of carbonyl (C=O) groups excluding carboxylic acids is 2. The number of ketones is 1. The Morgan fingerprint density at radius 2 is 1.58 bits per heavy atom. The average Bonchev–Trinajstić information content (AvgIpc) is 2.82. The van der Waals surface area contributed by atoms with Crippen LogP contribution in [0.2, 0.25) is 0 Å². The van der Waals surface area contributed by atoms with Crippen LogP contribution in [0.5, 0.6) is 5.75 Å². The van der Waals surface area contributed by atoms with E-state index in [9.17, 15) is 22.4 Å². The van der Waals surface area contributed by atoms with Crippen molar-refractivity contribution in [2.75, 3.05) is 20.8 Å². The van der Waals surface area contributed by atoms with Crippen molar-refractivity contribution in [1.82, 2.24) is 4.31 Å². The number of hydrogen-bond donors (Lipinski definition) is 0. The van der Waals surface area contributed by atoms with Gasteiger partial charge in [0.25, 0.3) is 0 Å². The second kappa shape index (κ2) is 10.4. The van der Waals surface area contributed by atoms with Gasteiger partial charge in [0.1, 0.15) is 16.5 Å². The molecular weight excluding hydrogens is 449 g/mol. The lowest BCUT2D eigenvalue weighted by Gasteiger charge is -2.19. The first-order chi connectivity index (χ1) is 15.7. The first-order valence-corrected chi connectivity index (χ1v) is 11.3. The van der Waals surface area contributed by atoms with Crippen molar-refractivity contribution >= 4 is 21.8 Å². The average molecular weight is 472 g/mol. The van der Waals surface area contributed by atoms with Gasteiger partial charge in [-0.25, -0.2) is 17.6 Å². The summed E-state index contributed by atoms with van der Waals surface area (Å²) in [5, 5.41) is 0. The fourth-order valence-electron chi connectivity index (χ4n) is 3.03. The summed E-state index contributed by atoms with van der Waals surface area (Å²) in [6.07, 6.45) is 0. The predicted octanol–water partition coefficient (Wildman–Crippen LogP) is 3.69. The Morgan fingerprint density at radius 3 is 2.21 bits per heavy atom. The highest BCUT2D eigenvalue weighted by Gasteiger charge is 2.27. The lowest BCUT2D eigenvalue weighted by atomic mass is 10.1. The zero-order valence-corrected chi connectivity index (χ0v) is 18.8. The molecule has 0 amide bonds. The third-order valence-corrected chi connectivity index (χ3v) is 6.66. The summed E-state index contributed by atoms with van der Waals surface area (Å²) in [6, 6.07) is 17.7. The maximum Gasteiger partial charge on any atom is 0.338 e. The van der Waals surface area contributed by atoms with Gasteiger partial charge in [-0.05, 0) is 48.0 Å². The third kappa shape index (κ3) is 5.82. The van der Waals surface area contributed by atoms with Crippen LogP contribution in [0.4, 0.5) is 4.39 Å². The van der Waals surface area contributed by atoms with E-state index in [0.29, 0.717) is 0 Å². The summed E-state index contributed by atoms with van der Waals surface area (Å²) in [7, 11) is -1.27. The molecule has 3 aromatic carbocycles. The van der Waals surface area contributed by atoms with Gasteiger partial charge in [0.2, 0.25) is 10.0 Å². The maximum absolute atomic E-state index is 13.2. The number of sulfonamides is 1. The highest BCUT2D eigenvalue weighted by molar-refractivity contribution is 7.89. The van der Waals surface area contributed by atoms with Crippen molar-refractivity contribution in [3.8, 4) is 5.75 Å². The molecule has 0 bridgehead atoms. The largest absolute Gasteiger partial charge is 0.495 e. The standard InChI is InChI=1S/C24H22FNO6S/c1-26(15-17-6-4-3-5-7-17)33(29,30)23-14-19(10-13-22(23)31-2)24(28)32-16-21(27)18-8-11-20(25)12-9-18/h3-14H,15-16H2,1-2H3. The SMILES string of the molecule is COc1ccc(C(=O)OCC(=O)c2ccc(F)cc2)cc1S(=O)(=O)N(C)Cc1ccccc1. The number of halogens is 1. The third-order valence-electron chi connectivity index (χ3n) is 4.84. The highest BCUT2D eigenvalue weighted by atomic mass is 32.2. The molecule has 9 heteroatoms. The highest BCUT2D eigenvalue weighted by Crippen LogP contribution is 2.28. The second-order valence-electron chi connectivity index (χ2n) is 7.12. The number of Topliss-reactive ketones (excluding diaryl/α,β-unsaturated/α-hetero) is 1. The van der Waals surface area contributed by atoms with Crippen LogP contribution in [0.25, 0.3) is 0 Å². The minimum Gasteiger partial charge on any atom is -0.495 e. The second-order valence-corrected chi connectivity index (χ2v) is 9.13. The molecule has 172 valence electrons. The molecule has 0 spiro atoms. The van der Waals surface area contributed by atoms with Gasteiger partial charge < -0.3 is 9.47 Å². The first-order valence-electron chi connectivity index (χ1n) is 9.86. The van der Waals surface area contributed by atoms with Crippen LogP contribution in [-0.2, 0) is 21.3 Å². The number of carbonyl (C=O) groups is 2. The van der Waals surface area contributed by atoms with Crippen molar-refractivity contribution in [3.05, 3.63) is 95.3 Å². The molecule has 3 rings (SSSR count). The lowest BCUT2D eigenvalue weighted by Crippen LogP contribution is -2.27. The van der Waals surface area contributed by atoms with Crippen LogP contribution >= 0.6 is 0 Å². The summed E-state index contributed by atoms with van der Waals surface area (Å²) in [4.78, 5) is 24.4. The van der Waals surface area contributed by atoms with E-state index < -0.39 is 34.2 Å². The molecule has 33 heavy (non-hydrogen) atoms. The Hall–Kier alpha value is -3.56. The Labute approximate surface area is 191 Å².